The third-order valence-corrected chi connectivity index (χ3v) is 6.88. The number of aliphatic hydroxyl groups excluding tert-OH is 10. The summed E-state index contributed by atoms with van der Waals surface area (Å²) in [6.07, 6.45) is -23.3. The second-order valence-electron chi connectivity index (χ2n) is 8.73. The summed E-state index contributed by atoms with van der Waals surface area (Å²) >= 11 is 0. The van der Waals surface area contributed by atoms with Gasteiger partial charge in [-0.25, -0.2) is 0 Å². The first-order valence-electron chi connectivity index (χ1n) is 10.4. The smallest absolute Gasteiger partial charge is 0.155 e. The van der Waals surface area contributed by atoms with Crippen LogP contribution in [0.15, 0.2) is 0 Å². The Bertz CT molecular complexity index is 665. The predicted molar refractivity (Wildman–Crippen MR) is 100 cm³/mol. The van der Waals surface area contributed by atoms with Gasteiger partial charge in [-0.3, -0.25) is 0 Å². The van der Waals surface area contributed by atoms with Gasteiger partial charge in [-0.15, -0.1) is 0 Å². The van der Waals surface area contributed by atoms with Gasteiger partial charge in [0.05, 0.1) is 26.4 Å². The molecule has 0 aromatic heterocycles. The average Bonchev–Trinajstić information content (AvgIpc) is 2.80. The highest BCUT2D eigenvalue weighted by Gasteiger charge is 2.72. The van der Waals surface area contributed by atoms with Gasteiger partial charge in [-0.2, -0.15) is 0 Å². The van der Waals surface area contributed by atoms with Crippen LogP contribution in [0.1, 0.15) is 0 Å². The van der Waals surface area contributed by atoms with Gasteiger partial charge in [0.2, 0.25) is 0 Å². The Morgan fingerprint density at radius 2 is 1.00 bits per heavy atom. The summed E-state index contributed by atoms with van der Waals surface area (Å²) in [6, 6.07) is 0. The van der Waals surface area contributed by atoms with Gasteiger partial charge in [-0.05, 0) is 0 Å². The van der Waals surface area contributed by atoms with Gasteiger partial charge in [0.1, 0.15) is 73.2 Å². The van der Waals surface area contributed by atoms with E-state index in [9.17, 15) is 61.3 Å². The molecule has 3 aliphatic heterocycles. The summed E-state index contributed by atoms with van der Waals surface area (Å²) in [5.41, 5.74) is -6.11. The fourth-order valence-corrected chi connectivity index (χ4v) is 4.82. The Morgan fingerprint density at radius 1 is 0.576 bits per heavy atom. The van der Waals surface area contributed by atoms with E-state index in [-0.39, 0.29) is 0 Å². The van der Waals surface area contributed by atoms with Crippen LogP contribution in [0.3, 0.4) is 0 Å². The Kier molecular flexibility index (Phi) is 8.02. The molecule has 3 heterocycles. The summed E-state index contributed by atoms with van der Waals surface area (Å²) in [7, 11) is 0. The monoisotopic (exact) mass is 488 g/mol. The Labute approximate surface area is 187 Å². The lowest BCUT2D eigenvalue weighted by Crippen LogP contribution is -2.85. The van der Waals surface area contributed by atoms with Crippen LogP contribution in [0.4, 0.5) is 0 Å². The highest BCUT2D eigenvalue weighted by molar-refractivity contribution is 5.21. The third kappa shape index (κ3) is 4.00. The molecule has 3 aliphatic rings. The Balaban J connectivity index is 2.11. The van der Waals surface area contributed by atoms with Crippen molar-refractivity contribution in [1.82, 2.24) is 0 Å². The summed E-state index contributed by atoms with van der Waals surface area (Å²) in [4.78, 5) is 0. The van der Waals surface area contributed by atoms with Gasteiger partial charge >= 0.3 is 0 Å². The van der Waals surface area contributed by atoms with Crippen molar-refractivity contribution in [3.63, 3.8) is 0 Å². The lowest BCUT2D eigenvalue weighted by molar-refractivity contribution is -0.391. The number of rotatable bonds is 5. The van der Waals surface area contributed by atoms with E-state index in [0.717, 1.165) is 0 Å². The Morgan fingerprint density at radius 3 is 1.45 bits per heavy atom. The molecule has 14 atom stereocenters. The lowest BCUT2D eigenvalue weighted by Gasteiger charge is -2.60. The molecule has 0 bridgehead atoms. The molecule has 0 amide bonds. The molecule has 0 saturated carbocycles. The minimum atomic E-state index is -3.14. The van der Waals surface area contributed by atoms with E-state index in [4.69, 9.17) is 14.2 Å². The molecular weight excluding hydrogens is 456 g/mol. The van der Waals surface area contributed by atoms with Crippen LogP contribution in [0.5, 0.6) is 0 Å². The zero-order chi connectivity index (χ0) is 24.9. The normalized spacial score (nSPS) is 56.0. The first kappa shape index (κ1) is 27.0. The second-order valence-corrected chi connectivity index (χ2v) is 8.73. The molecule has 3 saturated heterocycles. The number of aliphatic hydroxyl groups is 12. The van der Waals surface area contributed by atoms with Crippen molar-refractivity contribution < 1.29 is 75.5 Å². The van der Waals surface area contributed by atoms with Crippen LogP contribution < -0.4 is 0 Å². The molecule has 3 fully saturated rings. The van der Waals surface area contributed by atoms with Gasteiger partial charge in [0, 0.05) is 0 Å². The van der Waals surface area contributed by atoms with E-state index < -0.39 is 111 Å². The van der Waals surface area contributed by atoms with Crippen LogP contribution in [-0.4, -0.2) is 172 Å². The topological polar surface area (TPSA) is 270 Å². The highest BCUT2D eigenvalue weighted by Crippen LogP contribution is 2.46. The van der Waals surface area contributed by atoms with Crippen molar-refractivity contribution in [2.45, 2.75) is 84.4 Å². The number of hydrogen-bond acceptors (Lipinski definition) is 15. The van der Waals surface area contributed by atoms with Crippen molar-refractivity contribution in [3.05, 3.63) is 0 Å². The van der Waals surface area contributed by atoms with Crippen LogP contribution in [-0.2, 0) is 14.2 Å². The molecule has 0 aliphatic carbocycles. The standard InChI is InChI=1S/C18H32O15/c19-1-5-8(22)10(24)12(26)15(32-5)17(29)4-31-7(3-21)14(28)18(17,30)16-13(27)11(25)9(23)6(2-20)33-16/h5-16,19-30H,1-4H2/t5-,6-,7-,8-,9-,10+,11+,12-,13-,14-,15?,16?,17-,18-/m1/s1. The quantitative estimate of drug-likeness (QED) is 0.171. The second kappa shape index (κ2) is 9.81. The molecule has 0 aromatic carbocycles. The van der Waals surface area contributed by atoms with Crippen LogP contribution in [0.2, 0.25) is 0 Å². The van der Waals surface area contributed by atoms with Crippen molar-refractivity contribution in [2.24, 2.45) is 0 Å². The maximum Gasteiger partial charge on any atom is 0.155 e. The third-order valence-electron chi connectivity index (χ3n) is 6.88. The zero-order valence-electron chi connectivity index (χ0n) is 17.3. The SMILES string of the molecule is OC[C@H]1OC([C@]2(O)CO[C@H](CO)[C@@H](O)[C@@]2(O)C2O[C@H](CO)[C@@H](O)[C@H](O)[C@H]2O)[C@H](O)[C@@H](O)[C@@H]1O. The highest BCUT2D eigenvalue weighted by atomic mass is 16.6. The fraction of sp³-hybridized carbons (Fsp3) is 1.00. The van der Waals surface area contributed by atoms with Gasteiger partial charge in [0.25, 0.3) is 0 Å². The van der Waals surface area contributed by atoms with E-state index in [1.54, 1.807) is 0 Å². The van der Waals surface area contributed by atoms with Crippen LogP contribution in [0, 0.1) is 0 Å². The predicted octanol–water partition coefficient (Wildman–Crippen LogP) is -8.11. The number of ether oxygens (including phenoxy) is 3. The molecule has 15 nitrogen and oxygen atoms in total. The Hall–Kier alpha value is -0.600. The zero-order valence-corrected chi connectivity index (χ0v) is 17.3. The molecule has 3 rings (SSSR count). The van der Waals surface area contributed by atoms with E-state index in [1.165, 1.54) is 0 Å². The fourth-order valence-electron chi connectivity index (χ4n) is 4.82. The van der Waals surface area contributed by atoms with Crippen LogP contribution in [0.25, 0.3) is 0 Å². The summed E-state index contributed by atoms with van der Waals surface area (Å²) in [6.45, 7) is -3.69. The average molecular weight is 488 g/mol. The summed E-state index contributed by atoms with van der Waals surface area (Å²) < 4.78 is 15.9. The summed E-state index contributed by atoms with van der Waals surface area (Å²) in [5.74, 6) is 0. The van der Waals surface area contributed by atoms with Gasteiger partial charge in [0.15, 0.2) is 11.2 Å². The minimum absolute atomic E-state index is 0.890. The van der Waals surface area contributed by atoms with Crippen molar-refractivity contribution in [2.75, 3.05) is 26.4 Å². The largest absolute Gasteiger partial charge is 0.394 e. The molecule has 12 N–H and O–H groups in total. The molecular formula is C18H32O15. The van der Waals surface area contributed by atoms with Gasteiger partial charge in [-0.1, -0.05) is 0 Å². The van der Waals surface area contributed by atoms with E-state index in [1.807, 2.05) is 0 Å². The molecule has 0 radical (unpaired) electrons. The lowest BCUT2D eigenvalue weighted by atomic mass is 9.64. The molecule has 194 valence electrons. The maximum absolute atomic E-state index is 11.7. The molecule has 0 aromatic rings. The molecule has 2 unspecified atom stereocenters. The molecule has 33 heavy (non-hydrogen) atoms. The van der Waals surface area contributed by atoms with Crippen molar-refractivity contribution >= 4 is 0 Å². The van der Waals surface area contributed by atoms with Crippen LogP contribution >= 0.6 is 0 Å². The maximum atomic E-state index is 11.7. The minimum Gasteiger partial charge on any atom is -0.394 e. The first-order chi connectivity index (χ1) is 15.4. The molecule has 0 spiro atoms. The van der Waals surface area contributed by atoms with E-state index >= 15 is 0 Å². The van der Waals surface area contributed by atoms with Crippen molar-refractivity contribution in [3.8, 4) is 0 Å². The van der Waals surface area contributed by atoms with E-state index in [2.05, 4.69) is 0 Å². The molecule has 15 heteroatoms. The van der Waals surface area contributed by atoms with E-state index in [0.29, 0.717) is 0 Å². The van der Waals surface area contributed by atoms with Gasteiger partial charge < -0.3 is 75.5 Å². The number of hydrogen-bond donors (Lipinski definition) is 12. The van der Waals surface area contributed by atoms with Crippen molar-refractivity contribution in [1.29, 1.82) is 0 Å². The first-order valence-corrected chi connectivity index (χ1v) is 10.4. The summed E-state index contributed by atoms with van der Waals surface area (Å²) in [5, 5.41) is 124.